The van der Waals surface area contributed by atoms with Gasteiger partial charge in [-0.2, -0.15) is 11.8 Å². The number of nitrogens with one attached hydrogen (secondary N) is 1. The first kappa shape index (κ1) is 8.87. The second-order valence-corrected chi connectivity index (χ2v) is 3.82. The average molecular weight is 173 g/mol. The Morgan fingerprint density at radius 1 is 1.82 bits per heavy atom. The maximum atomic E-state index is 5.34. The van der Waals surface area contributed by atoms with E-state index in [-0.39, 0.29) is 0 Å². The van der Waals surface area contributed by atoms with Crippen molar-refractivity contribution in [2.45, 2.75) is 25.0 Å². The standard InChI is InChI=1S/C7H15N3S/c1-2-9-7(10-8)6-4-3-5-11-6/h6H,2-5,8H2,1H3,(H,9,10). The van der Waals surface area contributed by atoms with Crippen LogP contribution >= 0.6 is 11.8 Å². The van der Waals surface area contributed by atoms with Gasteiger partial charge in [-0.3, -0.25) is 4.99 Å². The monoisotopic (exact) mass is 173 g/mol. The average Bonchev–Trinajstić information content (AvgIpc) is 2.52. The quantitative estimate of drug-likeness (QED) is 0.280. The molecule has 0 aromatic rings. The molecule has 11 heavy (non-hydrogen) atoms. The molecule has 1 heterocycles. The molecule has 1 rings (SSSR count). The lowest BCUT2D eigenvalue weighted by Gasteiger charge is -2.10. The normalized spacial score (nSPS) is 25.6. The van der Waals surface area contributed by atoms with Gasteiger partial charge >= 0.3 is 0 Å². The summed E-state index contributed by atoms with van der Waals surface area (Å²) >= 11 is 1.94. The molecule has 1 saturated heterocycles. The highest BCUT2D eigenvalue weighted by Gasteiger charge is 2.20. The summed E-state index contributed by atoms with van der Waals surface area (Å²) < 4.78 is 0. The fraction of sp³-hybridized carbons (Fsp3) is 0.857. The van der Waals surface area contributed by atoms with Crippen LogP contribution in [-0.4, -0.2) is 23.4 Å². The van der Waals surface area contributed by atoms with E-state index in [0.29, 0.717) is 5.25 Å². The summed E-state index contributed by atoms with van der Waals surface area (Å²) in [4.78, 5) is 4.28. The van der Waals surface area contributed by atoms with Crippen molar-refractivity contribution in [1.29, 1.82) is 0 Å². The minimum Gasteiger partial charge on any atom is -0.311 e. The molecule has 1 unspecified atom stereocenters. The van der Waals surface area contributed by atoms with Crippen LogP contribution in [0, 0.1) is 0 Å². The van der Waals surface area contributed by atoms with E-state index in [1.165, 1.54) is 18.6 Å². The van der Waals surface area contributed by atoms with Crippen molar-refractivity contribution in [3.63, 3.8) is 0 Å². The number of aliphatic imine (C=N–C) groups is 1. The minimum absolute atomic E-state index is 0.528. The van der Waals surface area contributed by atoms with Gasteiger partial charge in [-0.1, -0.05) is 0 Å². The first-order chi connectivity index (χ1) is 5.38. The van der Waals surface area contributed by atoms with E-state index in [2.05, 4.69) is 10.4 Å². The minimum atomic E-state index is 0.528. The number of nitrogens with zero attached hydrogens (tertiary/aromatic N) is 1. The number of amidine groups is 1. The van der Waals surface area contributed by atoms with Crippen LogP contribution in [0.1, 0.15) is 19.8 Å². The maximum Gasteiger partial charge on any atom is 0.124 e. The van der Waals surface area contributed by atoms with Crippen LogP contribution < -0.4 is 11.3 Å². The van der Waals surface area contributed by atoms with Gasteiger partial charge < -0.3 is 5.43 Å². The van der Waals surface area contributed by atoms with E-state index in [0.717, 1.165) is 12.4 Å². The molecule has 1 atom stereocenters. The van der Waals surface area contributed by atoms with Crippen molar-refractivity contribution < 1.29 is 0 Å². The van der Waals surface area contributed by atoms with E-state index < -0.39 is 0 Å². The van der Waals surface area contributed by atoms with Gasteiger partial charge in [0.15, 0.2) is 0 Å². The van der Waals surface area contributed by atoms with Crippen LogP contribution in [0.5, 0.6) is 0 Å². The fourth-order valence-corrected chi connectivity index (χ4v) is 2.46. The first-order valence-electron chi connectivity index (χ1n) is 4.01. The Kier molecular flexibility index (Phi) is 3.72. The van der Waals surface area contributed by atoms with Gasteiger partial charge in [0, 0.05) is 6.54 Å². The third-order valence-corrected chi connectivity index (χ3v) is 3.10. The molecule has 1 aliphatic heterocycles. The Bertz CT molecular complexity index is 141. The molecule has 0 bridgehead atoms. The van der Waals surface area contributed by atoms with Crippen molar-refractivity contribution >= 4 is 17.6 Å². The molecule has 3 nitrogen and oxygen atoms in total. The van der Waals surface area contributed by atoms with E-state index in [1.54, 1.807) is 0 Å². The van der Waals surface area contributed by atoms with Crippen LogP contribution in [0.15, 0.2) is 4.99 Å². The second kappa shape index (κ2) is 4.62. The lowest BCUT2D eigenvalue weighted by atomic mass is 10.2. The summed E-state index contributed by atoms with van der Waals surface area (Å²) in [7, 11) is 0. The summed E-state index contributed by atoms with van der Waals surface area (Å²) in [5.41, 5.74) is 2.67. The molecule has 0 amide bonds. The Hall–Kier alpha value is -0.220. The molecule has 0 aliphatic carbocycles. The summed E-state index contributed by atoms with van der Waals surface area (Å²) in [5, 5.41) is 0.528. The Labute approximate surface area is 71.8 Å². The molecule has 1 aliphatic rings. The zero-order chi connectivity index (χ0) is 8.10. The Morgan fingerprint density at radius 2 is 2.64 bits per heavy atom. The summed E-state index contributed by atoms with van der Waals surface area (Å²) in [6.07, 6.45) is 2.51. The molecular weight excluding hydrogens is 158 g/mol. The highest BCUT2D eigenvalue weighted by atomic mass is 32.2. The number of rotatable bonds is 2. The van der Waals surface area contributed by atoms with Gasteiger partial charge in [-0.05, 0) is 25.5 Å². The SMILES string of the molecule is CCN=C(NN)C1CCCS1. The number of hydrogen-bond donors (Lipinski definition) is 2. The van der Waals surface area contributed by atoms with E-state index in [4.69, 9.17) is 5.84 Å². The molecule has 0 aromatic carbocycles. The van der Waals surface area contributed by atoms with Crippen molar-refractivity contribution in [3.8, 4) is 0 Å². The second-order valence-electron chi connectivity index (χ2n) is 2.51. The number of thioether (sulfide) groups is 1. The smallest absolute Gasteiger partial charge is 0.124 e. The molecule has 64 valence electrons. The third kappa shape index (κ3) is 2.38. The maximum absolute atomic E-state index is 5.34. The molecule has 3 N–H and O–H groups in total. The zero-order valence-corrected chi connectivity index (χ0v) is 7.66. The van der Waals surface area contributed by atoms with E-state index >= 15 is 0 Å². The van der Waals surface area contributed by atoms with Crippen LogP contribution in [0.4, 0.5) is 0 Å². The molecule has 0 aromatic heterocycles. The summed E-state index contributed by atoms with van der Waals surface area (Å²) in [6.45, 7) is 2.84. The van der Waals surface area contributed by atoms with Crippen molar-refractivity contribution in [1.82, 2.24) is 5.43 Å². The zero-order valence-electron chi connectivity index (χ0n) is 6.84. The van der Waals surface area contributed by atoms with Gasteiger partial charge in [0.1, 0.15) is 5.84 Å². The molecule has 1 fully saturated rings. The van der Waals surface area contributed by atoms with Crippen molar-refractivity contribution in [2.75, 3.05) is 12.3 Å². The number of hydrogen-bond acceptors (Lipinski definition) is 3. The predicted molar refractivity (Wildman–Crippen MR) is 50.8 cm³/mol. The topological polar surface area (TPSA) is 50.4 Å². The third-order valence-electron chi connectivity index (χ3n) is 1.71. The predicted octanol–water partition coefficient (Wildman–Crippen LogP) is 0.764. The molecule has 0 radical (unpaired) electrons. The Balaban J connectivity index is 2.46. The molecule has 4 heteroatoms. The van der Waals surface area contributed by atoms with Crippen LogP contribution in [0.3, 0.4) is 0 Å². The summed E-state index contributed by atoms with van der Waals surface area (Å²) in [6, 6.07) is 0. The Morgan fingerprint density at radius 3 is 3.09 bits per heavy atom. The highest BCUT2D eigenvalue weighted by Crippen LogP contribution is 2.26. The van der Waals surface area contributed by atoms with Gasteiger partial charge in [-0.15, -0.1) is 0 Å². The van der Waals surface area contributed by atoms with Gasteiger partial charge in [0.2, 0.25) is 0 Å². The van der Waals surface area contributed by atoms with Crippen LogP contribution in [-0.2, 0) is 0 Å². The fourth-order valence-electron chi connectivity index (χ4n) is 1.20. The van der Waals surface area contributed by atoms with Crippen molar-refractivity contribution in [3.05, 3.63) is 0 Å². The molecule has 0 spiro atoms. The van der Waals surface area contributed by atoms with Gasteiger partial charge in [0.25, 0.3) is 0 Å². The largest absolute Gasteiger partial charge is 0.311 e. The van der Waals surface area contributed by atoms with Gasteiger partial charge in [-0.25, -0.2) is 5.84 Å². The highest BCUT2D eigenvalue weighted by molar-refractivity contribution is 8.00. The van der Waals surface area contributed by atoms with Crippen molar-refractivity contribution in [2.24, 2.45) is 10.8 Å². The van der Waals surface area contributed by atoms with E-state index in [9.17, 15) is 0 Å². The van der Waals surface area contributed by atoms with Crippen LogP contribution in [0.2, 0.25) is 0 Å². The lowest BCUT2D eigenvalue weighted by Crippen LogP contribution is -2.37. The summed E-state index contributed by atoms with van der Waals surface area (Å²) in [5.74, 6) is 7.56. The van der Waals surface area contributed by atoms with Gasteiger partial charge in [0.05, 0.1) is 5.25 Å². The van der Waals surface area contributed by atoms with Crippen LogP contribution in [0.25, 0.3) is 0 Å². The first-order valence-corrected chi connectivity index (χ1v) is 5.06. The number of hydrazine groups is 1. The van der Waals surface area contributed by atoms with E-state index in [1.807, 2.05) is 18.7 Å². The molecular formula is C7H15N3S. The lowest BCUT2D eigenvalue weighted by molar-refractivity contribution is 0.855. The number of nitrogens with two attached hydrogens (primary N) is 1. The molecule has 0 saturated carbocycles.